The number of hydrogen-bond acceptors (Lipinski definition) is 2. The van der Waals surface area contributed by atoms with Crippen LogP contribution in [0.25, 0.3) is 0 Å². The van der Waals surface area contributed by atoms with Crippen molar-refractivity contribution in [1.29, 1.82) is 0 Å². The van der Waals surface area contributed by atoms with Crippen LogP contribution in [0, 0.1) is 5.92 Å². The molecule has 1 aromatic heterocycles. The van der Waals surface area contributed by atoms with E-state index >= 15 is 0 Å². The molecule has 0 fully saturated rings. The monoisotopic (exact) mass is 217 g/mol. The fourth-order valence-corrected chi connectivity index (χ4v) is 1.24. The Morgan fingerprint density at radius 1 is 1.82 bits per heavy atom. The van der Waals surface area contributed by atoms with Crippen molar-refractivity contribution in [3.8, 4) is 0 Å². The summed E-state index contributed by atoms with van der Waals surface area (Å²) in [6.07, 6.45) is 3.71. The van der Waals surface area contributed by atoms with Crippen LogP contribution in [0.2, 0.25) is 0 Å². The van der Waals surface area contributed by atoms with Gasteiger partial charge in [0.1, 0.15) is 0 Å². The van der Waals surface area contributed by atoms with Crippen LogP contribution in [-0.2, 0) is 6.54 Å². The number of aromatic nitrogens is 2. The van der Waals surface area contributed by atoms with Crippen molar-refractivity contribution < 1.29 is 0 Å². The van der Waals surface area contributed by atoms with Gasteiger partial charge in [-0.3, -0.25) is 0 Å². The van der Waals surface area contributed by atoms with Gasteiger partial charge < -0.3 is 10.3 Å². The zero-order valence-electron chi connectivity index (χ0n) is 6.50. The second kappa shape index (κ2) is 3.88. The van der Waals surface area contributed by atoms with Gasteiger partial charge in [0.2, 0.25) is 0 Å². The molecule has 0 aromatic carbocycles. The largest absolute Gasteiger partial charge is 0.330 e. The van der Waals surface area contributed by atoms with E-state index in [9.17, 15) is 0 Å². The third-order valence-electron chi connectivity index (χ3n) is 1.58. The van der Waals surface area contributed by atoms with E-state index < -0.39 is 0 Å². The van der Waals surface area contributed by atoms with E-state index in [1.165, 1.54) is 0 Å². The highest BCUT2D eigenvalue weighted by atomic mass is 79.9. The van der Waals surface area contributed by atoms with E-state index in [2.05, 4.69) is 27.8 Å². The average molecular weight is 218 g/mol. The van der Waals surface area contributed by atoms with E-state index in [1.807, 2.05) is 10.8 Å². The lowest BCUT2D eigenvalue weighted by molar-refractivity contribution is 0.486. The third-order valence-corrected chi connectivity index (χ3v) is 2.24. The number of imidazole rings is 1. The van der Waals surface area contributed by atoms with Crippen LogP contribution < -0.4 is 5.73 Å². The Morgan fingerprint density at radius 2 is 2.55 bits per heavy atom. The molecule has 0 amide bonds. The molecule has 3 nitrogen and oxygen atoms in total. The SMILES string of the molecule is CC(CN)Cn1ccnc1Br. The predicted molar refractivity (Wildman–Crippen MR) is 48.1 cm³/mol. The van der Waals surface area contributed by atoms with Gasteiger partial charge in [-0.05, 0) is 28.4 Å². The molecule has 1 atom stereocenters. The van der Waals surface area contributed by atoms with Crippen molar-refractivity contribution in [3.05, 3.63) is 17.1 Å². The number of hydrogen-bond donors (Lipinski definition) is 1. The standard InChI is InChI=1S/C7H12BrN3/c1-6(4-9)5-11-3-2-10-7(11)8/h2-3,6H,4-5,9H2,1H3. The second-order valence-electron chi connectivity index (χ2n) is 2.69. The van der Waals surface area contributed by atoms with Gasteiger partial charge in [-0.15, -0.1) is 0 Å². The maximum absolute atomic E-state index is 5.49. The first-order valence-electron chi connectivity index (χ1n) is 3.60. The Kier molecular flexibility index (Phi) is 3.08. The van der Waals surface area contributed by atoms with Crippen molar-refractivity contribution in [2.75, 3.05) is 6.54 Å². The fraction of sp³-hybridized carbons (Fsp3) is 0.571. The Morgan fingerprint density at radius 3 is 3.00 bits per heavy atom. The molecular weight excluding hydrogens is 206 g/mol. The van der Waals surface area contributed by atoms with Crippen LogP contribution >= 0.6 is 15.9 Å². The molecule has 0 saturated heterocycles. The molecule has 0 aliphatic heterocycles. The Hall–Kier alpha value is -0.350. The number of nitrogens with zero attached hydrogens (tertiary/aromatic N) is 2. The Balaban J connectivity index is 2.56. The molecule has 4 heteroatoms. The van der Waals surface area contributed by atoms with E-state index in [0.717, 1.165) is 11.3 Å². The van der Waals surface area contributed by atoms with Crippen molar-refractivity contribution in [2.45, 2.75) is 13.5 Å². The normalized spacial score (nSPS) is 13.4. The zero-order valence-corrected chi connectivity index (χ0v) is 8.08. The van der Waals surface area contributed by atoms with Crippen LogP contribution in [0.15, 0.2) is 17.1 Å². The molecule has 0 aliphatic rings. The summed E-state index contributed by atoms with van der Waals surface area (Å²) < 4.78 is 2.91. The van der Waals surface area contributed by atoms with Gasteiger partial charge in [-0.2, -0.15) is 0 Å². The van der Waals surface area contributed by atoms with Crippen molar-refractivity contribution in [3.63, 3.8) is 0 Å². The predicted octanol–water partition coefficient (Wildman–Crippen LogP) is 1.24. The molecular formula is C7H12BrN3. The summed E-state index contributed by atoms with van der Waals surface area (Å²) in [7, 11) is 0. The highest BCUT2D eigenvalue weighted by Crippen LogP contribution is 2.08. The summed E-state index contributed by atoms with van der Waals surface area (Å²) in [6, 6.07) is 0. The first-order chi connectivity index (χ1) is 5.24. The highest BCUT2D eigenvalue weighted by Gasteiger charge is 2.02. The second-order valence-corrected chi connectivity index (χ2v) is 3.40. The zero-order chi connectivity index (χ0) is 8.27. The quantitative estimate of drug-likeness (QED) is 0.829. The summed E-state index contributed by atoms with van der Waals surface area (Å²) in [4.78, 5) is 4.04. The van der Waals surface area contributed by atoms with Crippen LogP contribution in [0.1, 0.15) is 6.92 Å². The van der Waals surface area contributed by atoms with Gasteiger partial charge in [0, 0.05) is 18.9 Å². The van der Waals surface area contributed by atoms with Crippen LogP contribution in [0.4, 0.5) is 0 Å². The molecule has 0 bridgehead atoms. The van der Waals surface area contributed by atoms with Crippen LogP contribution in [0.3, 0.4) is 0 Å². The Bertz CT molecular complexity index is 221. The molecule has 0 aliphatic carbocycles. The molecule has 62 valence electrons. The lowest BCUT2D eigenvalue weighted by atomic mass is 10.2. The first kappa shape index (κ1) is 8.74. The van der Waals surface area contributed by atoms with E-state index in [0.29, 0.717) is 12.5 Å². The number of halogens is 1. The lowest BCUT2D eigenvalue weighted by Gasteiger charge is -2.09. The summed E-state index contributed by atoms with van der Waals surface area (Å²) in [6.45, 7) is 3.76. The van der Waals surface area contributed by atoms with Gasteiger partial charge in [0.25, 0.3) is 0 Å². The average Bonchev–Trinajstić information content (AvgIpc) is 2.37. The van der Waals surface area contributed by atoms with Crippen molar-refractivity contribution >= 4 is 15.9 Å². The smallest absolute Gasteiger partial charge is 0.177 e. The molecule has 1 unspecified atom stereocenters. The molecule has 0 radical (unpaired) electrons. The van der Waals surface area contributed by atoms with E-state index in [4.69, 9.17) is 5.73 Å². The van der Waals surface area contributed by atoms with Gasteiger partial charge >= 0.3 is 0 Å². The lowest BCUT2D eigenvalue weighted by Crippen LogP contribution is -2.16. The topological polar surface area (TPSA) is 43.8 Å². The van der Waals surface area contributed by atoms with Crippen molar-refractivity contribution in [2.24, 2.45) is 11.7 Å². The van der Waals surface area contributed by atoms with E-state index in [-0.39, 0.29) is 0 Å². The first-order valence-corrected chi connectivity index (χ1v) is 4.40. The molecule has 1 aromatic rings. The third kappa shape index (κ3) is 2.31. The molecule has 1 rings (SSSR count). The molecule has 0 spiro atoms. The minimum absolute atomic E-state index is 0.500. The summed E-state index contributed by atoms with van der Waals surface area (Å²) in [5.74, 6) is 0.500. The van der Waals surface area contributed by atoms with Gasteiger partial charge in [0.15, 0.2) is 4.73 Å². The maximum Gasteiger partial charge on any atom is 0.177 e. The van der Waals surface area contributed by atoms with Crippen LogP contribution in [0.5, 0.6) is 0 Å². The number of rotatable bonds is 3. The van der Waals surface area contributed by atoms with E-state index in [1.54, 1.807) is 6.20 Å². The number of nitrogens with two attached hydrogens (primary N) is 1. The molecule has 0 saturated carbocycles. The van der Waals surface area contributed by atoms with Crippen molar-refractivity contribution in [1.82, 2.24) is 9.55 Å². The molecule has 11 heavy (non-hydrogen) atoms. The summed E-state index contributed by atoms with van der Waals surface area (Å²) >= 11 is 3.33. The minimum atomic E-state index is 0.500. The summed E-state index contributed by atoms with van der Waals surface area (Å²) in [5.41, 5.74) is 5.49. The molecule has 2 N–H and O–H groups in total. The highest BCUT2D eigenvalue weighted by molar-refractivity contribution is 9.10. The fourth-order valence-electron chi connectivity index (χ4n) is 0.857. The van der Waals surface area contributed by atoms with Gasteiger partial charge in [-0.25, -0.2) is 4.98 Å². The van der Waals surface area contributed by atoms with Crippen LogP contribution in [-0.4, -0.2) is 16.1 Å². The minimum Gasteiger partial charge on any atom is -0.330 e. The maximum atomic E-state index is 5.49. The molecule has 1 heterocycles. The van der Waals surface area contributed by atoms with Gasteiger partial charge in [-0.1, -0.05) is 6.92 Å². The van der Waals surface area contributed by atoms with Gasteiger partial charge in [0.05, 0.1) is 0 Å². The summed E-state index contributed by atoms with van der Waals surface area (Å²) in [5, 5.41) is 0. The Labute approximate surface area is 74.7 Å².